The number of aryl methyl sites for hydroxylation is 2. The molecule has 0 fully saturated rings. The molecule has 0 aliphatic heterocycles. The van der Waals surface area contributed by atoms with E-state index < -0.39 is 0 Å². The molecule has 4 nitrogen and oxygen atoms in total. The van der Waals surface area contributed by atoms with Crippen LogP contribution < -0.4 is 10.6 Å². The quantitative estimate of drug-likeness (QED) is 0.741. The molecule has 1 aromatic rings. The summed E-state index contributed by atoms with van der Waals surface area (Å²) >= 11 is 0. The first-order valence-corrected chi connectivity index (χ1v) is 5.37. The molecule has 1 rings (SSSR count). The molecule has 0 aromatic carbocycles. The normalized spacial score (nSPS) is 11.8. The Kier molecular flexibility index (Phi) is 3.74. The zero-order chi connectivity index (χ0) is 11.5. The van der Waals surface area contributed by atoms with Gasteiger partial charge in [0.2, 0.25) is 0 Å². The molecular formula is C11H22N4. The van der Waals surface area contributed by atoms with Gasteiger partial charge in [0, 0.05) is 31.9 Å². The van der Waals surface area contributed by atoms with Gasteiger partial charge >= 0.3 is 0 Å². The van der Waals surface area contributed by atoms with Gasteiger partial charge in [-0.3, -0.25) is 4.68 Å². The molecule has 15 heavy (non-hydrogen) atoms. The fraction of sp³-hybridized carbons (Fsp3) is 0.727. The molecule has 4 heteroatoms. The van der Waals surface area contributed by atoms with Crippen LogP contribution >= 0.6 is 0 Å². The summed E-state index contributed by atoms with van der Waals surface area (Å²) in [5.74, 6) is 0. The minimum absolute atomic E-state index is 0.186. The summed E-state index contributed by atoms with van der Waals surface area (Å²) < 4.78 is 1.83. The van der Waals surface area contributed by atoms with Crippen LogP contribution in [-0.4, -0.2) is 28.4 Å². The van der Waals surface area contributed by atoms with Crippen LogP contribution in [0.5, 0.6) is 0 Å². The average molecular weight is 210 g/mol. The van der Waals surface area contributed by atoms with Gasteiger partial charge in [0.25, 0.3) is 0 Å². The maximum absolute atomic E-state index is 4.27. The van der Waals surface area contributed by atoms with Crippen LogP contribution in [0, 0.1) is 6.92 Å². The number of anilines is 1. The van der Waals surface area contributed by atoms with Gasteiger partial charge in [-0.15, -0.1) is 0 Å². The second kappa shape index (κ2) is 4.66. The molecule has 1 aromatic heterocycles. The first-order valence-electron chi connectivity index (χ1n) is 5.37. The molecule has 86 valence electrons. The van der Waals surface area contributed by atoms with Crippen molar-refractivity contribution in [2.24, 2.45) is 7.05 Å². The second-order valence-corrected chi connectivity index (χ2v) is 4.91. The van der Waals surface area contributed by atoms with Crippen molar-refractivity contribution in [1.29, 1.82) is 0 Å². The van der Waals surface area contributed by atoms with Crippen molar-refractivity contribution < 1.29 is 0 Å². The zero-order valence-electron chi connectivity index (χ0n) is 10.4. The number of aromatic nitrogens is 2. The van der Waals surface area contributed by atoms with Crippen LogP contribution in [0.1, 0.15) is 26.5 Å². The number of hydrogen-bond acceptors (Lipinski definition) is 3. The number of nitrogens with zero attached hydrogens (tertiary/aromatic N) is 2. The van der Waals surface area contributed by atoms with Crippen molar-refractivity contribution in [2.45, 2.75) is 33.2 Å². The largest absolute Gasteiger partial charge is 0.381 e. The van der Waals surface area contributed by atoms with E-state index in [0.29, 0.717) is 0 Å². The average Bonchev–Trinajstić information content (AvgIpc) is 2.37. The fourth-order valence-corrected chi connectivity index (χ4v) is 1.41. The van der Waals surface area contributed by atoms with E-state index in [1.165, 1.54) is 0 Å². The molecule has 0 aliphatic rings. The summed E-state index contributed by atoms with van der Waals surface area (Å²) in [6, 6.07) is 0. The molecule has 0 radical (unpaired) electrons. The predicted octanol–water partition coefficient (Wildman–Crippen LogP) is 1.53. The summed E-state index contributed by atoms with van der Waals surface area (Å²) in [5.41, 5.74) is 2.35. The first-order chi connectivity index (χ1) is 6.88. The van der Waals surface area contributed by atoms with E-state index in [-0.39, 0.29) is 5.54 Å². The standard InChI is InChI=1S/C11H22N4/c1-9-10(8-15(5)14-9)12-6-7-13-11(2,3)4/h8,12-13H,6-7H2,1-5H3. The highest BCUT2D eigenvalue weighted by Crippen LogP contribution is 2.10. The van der Waals surface area contributed by atoms with E-state index in [1.54, 1.807) is 0 Å². The topological polar surface area (TPSA) is 41.9 Å². The highest BCUT2D eigenvalue weighted by Gasteiger charge is 2.07. The Balaban J connectivity index is 2.29. The molecule has 2 N–H and O–H groups in total. The van der Waals surface area contributed by atoms with Crippen LogP contribution in [0.2, 0.25) is 0 Å². The van der Waals surface area contributed by atoms with Crippen molar-refractivity contribution in [3.05, 3.63) is 11.9 Å². The van der Waals surface area contributed by atoms with E-state index in [2.05, 4.69) is 36.5 Å². The highest BCUT2D eigenvalue weighted by molar-refractivity contribution is 5.45. The second-order valence-electron chi connectivity index (χ2n) is 4.91. The Morgan fingerprint density at radius 1 is 1.33 bits per heavy atom. The lowest BCUT2D eigenvalue weighted by Gasteiger charge is -2.20. The molecule has 1 heterocycles. The third kappa shape index (κ3) is 4.34. The van der Waals surface area contributed by atoms with E-state index in [0.717, 1.165) is 24.5 Å². The van der Waals surface area contributed by atoms with Crippen molar-refractivity contribution >= 4 is 5.69 Å². The Bertz CT molecular complexity index is 309. The number of rotatable bonds is 4. The van der Waals surface area contributed by atoms with E-state index in [4.69, 9.17) is 0 Å². The van der Waals surface area contributed by atoms with Gasteiger partial charge in [0.1, 0.15) is 0 Å². The van der Waals surface area contributed by atoms with E-state index in [9.17, 15) is 0 Å². The van der Waals surface area contributed by atoms with Gasteiger partial charge in [-0.1, -0.05) is 0 Å². The molecule has 0 bridgehead atoms. The van der Waals surface area contributed by atoms with Crippen molar-refractivity contribution in [3.63, 3.8) is 0 Å². The third-order valence-corrected chi connectivity index (χ3v) is 2.11. The van der Waals surface area contributed by atoms with Gasteiger partial charge in [0.15, 0.2) is 0 Å². The van der Waals surface area contributed by atoms with Crippen LogP contribution in [0.25, 0.3) is 0 Å². The lowest BCUT2D eigenvalue weighted by atomic mass is 10.1. The van der Waals surface area contributed by atoms with Crippen molar-refractivity contribution in [2.75, 3.05) is 18.4 Å². The monoisotopic (exact) mass is 210 g/mol. The number of hydrogen-bond donors (Lipinski definition) is 2. The SMILES string of the molecule is Cc1nn(C)cc1NCCNC(C)(C)C. The molecule has 0 amide bonds. The van der Waals surface area contributed by atoms with Gasteiger partial charge in [-0.2, -0.15) is 5.10 Å². The highest BCUT2D eigenvalue weighted by atomic mass is 15.3. The minimum atomic E-state index is 0.186. The summed E-state index contributed by atoms with van der Waals surface area (Å²) in [6.07, 6.45) is 2.01. The molecular weight excluding hydrogens is 188 g/mol. The molecule has 0 unspecified atom stereocenters. The van der Waals surface area contributed by atoms with Crippen LogP contribution in [0.4, 0.5) is 5.69 Å². The van der Waals surface area contributed by atoms with Gasteiger partial charge in [-0.25, -0.2) is 0 Å². The fourth-order valence-electron chi connectivity index (χ4n) is 1.41. The van der Waals surface area contributed by atoms with Crippen molar-refractivity contribution in [3.8, 4) is 0 Å². The Hall–Kier alpha value is -1.03. The smallest absolute Gasteiger partial charge is 0.0824 e. The Morgan fingerprint density at radius 2 is 2.00 bits per heavy atom. The van der Waals surface area contributed by atoms with Gasteiger partial charge < -0.3 is 10.6 Å². The summed E-state index contributed by atoms with van der Waals surface area (Å²) in [6.45, 7) is 10.4. The van der Waals surface area contributed by atoms with Crippen LogP contribution in [-0.2, 0) is 7.05 Å². The van der Waals surface area contributed by atoms with Crippen LogP contribution in [0.3, 0.4) is 0 Å². The third-order valence-electron chi connectivity index (χ3n) is 2.11. The maximum Gasteiger partial charge on any atom is 0.0824 e. The lowest BCUT2D eigenvalue weighted by Crippen LogP contribution is -2.38. The summed E-state index contributed by atoms with van der Waals surface area (Å²) in [7, 11) is 1.94. The zero-order valence-corrected chi connectivity index (χ0v) is 10.4. The summed E-state index contributed by atoms with van der Waals surface area (Å²) in [4.78, 5) is 0. The van der Waals surface area contributed by atoms with Gasteiger partial charge in [0.05, 0.1) is 11.4 Å². The Labute approximate surface area is 92.1 Å². The van der Waals surface area contributed by atoms with Gasteiger partial charge in [-0.05, 0) is 27.7 Å². The molecule has 0 saturated heterocycles. The molecule has 0 aliphatic carbocycles. The minimum Gasteiger partial charge on any atom is -0.381 e. The molecule has 0 spiro atoms. The summed E-state index contributed by atoms with van der Waals surface area (Å²) in [5, 5.41) is 11.1. The number of nitrogens with one attached hydrogen (secondary N) is 2. The lowest BCUT2D eigenvalue weighted by molar-refractivity contribution is 0.435. The van der Waals surface area contributed by atoms with Crippen LogP contribution in [0.15, 0.2) is 6.20 Å². The van der Waals surface area contributed by atoms with Crippen molar-refractivity contribution in [1.82, 2.24) is 15.1 Å². The Morgan fingerprint density at radius 3 is 2.47 bits per heavy atom. The first kappa shape index (κ1) is 12.0. The molecule has 0 atom stereocenters. The predicted molar refractivity (Wildman–Crippen MR) is 64.2 cm³/mol. The van der Waals surface area contributed by atoms with E-state index in [1.807, 2.05) is 24.9 Å². The molecule has 0 saturated carbocycles. The van der Waals surface area contributed by atoms with E-state index >= 15 is 0 Å². The maximum atomic E-state index is 4.27.